The Labute approximate surface area is 97.9 Å². The summed E-state index contributed by atoms with van der Waals surface area (Å²) in [5.41, 5.74) is 1.36. The van der Waals surface area contributed by atoms with Gasteiger partial charge in [-0.05, 0) is 43.6 Å². The van der Waals surface area contributed by atoms with E-state index in [1.807, 2.05) is 13.2 Å². The topological polar surface area (TPSA) is 28.2 Å². The van der Waals surface area contributed by atoms with Crippen LogP contribution in [0.4, 0.5) is 5.82 Å². The van der Waals surface area contributed by atoms with Crippen LogP contribution in [-0.4, -0.2) is 30.0 Å². The Balaban J connectivity index is 1.96. The van der Waals surface area contributed by atoms with Crippen molar-refractivity contribution in [2.75, 3.05) is 25.5 Å². The van der Waals surface area contributed by atoms with Gasteiger partial charge in [-0.1, -0.05) is 12.8 Å². The molecule has 0 spiro atoms. The van der Waals surface area contributed by atoms with Gasteiger partial charge in [-0.25, -0.2) is 4.98 Å². The second-order valence-electron chi connectivity index (χ2n) is 4.49. The van der Waals surface area contributed by atoms with Crippen LogP contribution in [0.15, 0.2) is 18.3 Å². The van der Waals surface area contributed by atoms with Crippen molar-refractivity contribution in [3.8, 4) is 0 Å². The van der Waals surface area contributed by atoms with Gasteiger partial charge in [0.2, 0.25) is 0 Å². The zero-order valence-electron chi connectivity index (χ0n) is 10.1. The fourth-order valence-corrected chi connectivity index (χ4v) is 2.26. The molecule has 16 heavy (non-hydrogen) atoms. The SMILES string of the molecule is CNc1cc(CN2CCCCCC2)ccn1. The maximum absolute atomic E-state index is 4.24. The molecule has 0 atom stereocenters. The van der Waals surface area contributed by atoms with Crippen LogP contribution < -0.4 is 5.32 Å². The Morgan fingerprint density at radius 1 is 1.25 bits per heavy atom. The van der Waals surface area contributed by atoms with Crippen molar-refractivity contribution in [1.29, 1.82) is 0 Å². The van der Waals surface area contributed by atoms with Crippen LogP contribution in [0, 0.1) is 0 Å². The Kier molecular flexibility index (Phi) is 4.17. The predicted molar refractivity (Wildman–Crippen MR) is 67.5 cm³/mol. The number of anilines is 1. The first-order chi connectivity index (χ1) is 7.88. The minimum absolute atomic E-state index is 0.965. The Morgan fingerprint density at radius 3 is 2.69 bits per heavy atom. The van der Waals surface area contributed by atoms with Gasteiger partial charge in [0, 0.05) is 19.8 Å². The van der Waals surface area contributed by atoms with E-state index in [1.165, 1.54) is 44.3 Å². The van der Waals surface area contributed by atoms with Gasteiger partial charge in [0.25, 0.3) is 0 Å². The molecule has 0 unspecified atom stereocenters. The molecule has 88 valence electrons. The summed E-state index contributed by atoms with van der Waals surface area (Å²) < 4.78 is 0. The molecular weight excluding hydrogens is 198 g/mol. The number of hydrogen-bond donors (Lipinski definition) is 1. The molecule has 0 aliphatic carbocycles. The summed E-state index contributed by atoms with van der Waals surface area (Å²) in [7, 11) is 1.91. The van der Waals surface area contributed by atoms with Crippen molar-refractivity contribution in [1.82, 2.24) is 9.88 Å². The number of hydrogen-bond acceptors (Lipinski definition) is 3. The Bertz CT molecular complexity index is 317. The van der Waals surface area contributed by atoms with Gasteiger partial charge < -0.3 is 5.32 Å². The molecule has 1 saturated heterocycles. The van der Waals surface area contributed by atoms with Crippen LogP contribution in [0.3, 0.4) is 0 Å². The average molecular weight is 219 g/mol. The van der Waals surface area contributed by atoms with Crippen molar-refractivity contribution in [3.63, 3.8) is 0 Å². The molecule has 0 saturated carbocycles. The van der Waals surface area contributed by atoms with Crippen LogP contribution in [0.5, 0.6) is 0 Å². The highest BCUT2D eigenvalue weighted by Gasteiger charge is 2.09. The third-order valence-electron chi connectivity index (χ3n) is 3.19. The van der Waals surface area contributed by atoms with Crippen molar-refractivity contribution < 1.29 is 0 Å². The molecule has 2 heterocycles. The zero-order chi connectivity index (χ0) is 11.2. The van der Waals surface area contributed by atoms with Gasteiger partial charge in [0.1, 0.15) is 5.82 Å². The molecular formula is C13H21N3. The van der Waals surface area contributed by atoms with Crippen LogP contribution in [0.1, 0.15) is 31.2 Å². The van der Waals surface area contributed by atoms with Crippen molar-refractivity contribution in [3.05, 3.63) is 23.9 Å². The number of nitrogens with zero attached hydrogens (tertiary/aromatic N) is 2. The third kappa shape index (κ3) is 3.20. The Morgan fingerprint density at radius 2 is 2.00 bits per heavy atom. The van der Waals surface area contributed by atoms with Gasteiger partial charge in [-0.15, -0.1) is 0 Å². The molecule has 1 aromatic rings. The normalized spacial score (nSPS) is 18.1. The lowest BCUT2D eigenvalue weighted by molar-refractivity contribution is 0.277. The number of rotatable bonds is 3. The summed E-state index contributed by atoms with van der Waals surface area (Å²) in [6, 6.07) is 4.26. The van der Waals surface area contributed by atoms with E-state index in [1.54, 1.807) is 0 Å². The molecule has 3 nitrogen and oxygen atoms in total. The fraction of sp³-hybridized carbons (Fsp3) is 0.615. The van der Waals surface area contributed by atoms with E-state index in [-0.39, 0.29) is 0 Å². The predicted octanol–water partition coefficient (Wildman–Crippen LogP) is 2.50. The van der Waals surface area contributed by atoms with Gasteiger partial charge in [-0.3, -0.25) is 4.90 Å². The quantitative estimate of drug-likeness (QED) is 0.846. The smallest absolute Gasteiger partial charge is 0.125 e. The van der Waals surface area contributed by atoms with E-state index in [0.717, 1.165) is 12.4 Å². The first-order valence-corrected chi connectivity index (χ1v) is 6.23. The highest BCUT2D eigenvalue weighted by atomic mass is 15.1. The van der Waals surface area contributed by atoms with Crippen molar-refractivity contribution >= 4 is 5.82 Å². The molecule has 2 rings (SSSR count). The summed E-state index contributed by atoms with van der Waals surface area (Å²) in [6.45, 7) is 3.56. The van der Waals surface area contributed by atoms with Crippen LogP contribution in [0.25, 0.3) is 0 Å². The molecule has 1 N–H and O–H groups in total. The summed E-state index contributed by atoms with van der Waals surface area (Å²) >= 11 is 0. The maximum Gasteiger partial charge on any atom is 0.125 e. The van der Waals surface area contributed by atoms with Gasteiger partial charge in [0.15, 0.2) is 0 Å². The summed E-state index contributed by atoms with van der Waals surface area (Å²) in [5.74, 6) is 0.965. The van der Waals surface area contributed by atoms with E-state index < -0.39 is 0 Å². The molecule has 1 aliphatic heterocycles. The van der Waals surface area contributed by atoms with E-state index in [4.69, 9.17) is 0 Å². The van der Waals surface area contributed by atoms with Gasteiger partial charge >= 0.3 is 0 Å². The van der Waals surface area contributed by atoms with Crippen LogP contribution >= 0.6 is 0 Å². The summed E-state index contributed by atoms with van der Waals surface area (Å²) in [5, 5.41) is 3.09. The number of aromatic nitrogens is 1. The maximum atomic E-state index is 4.24. The van der Waals surface area contributed by atoms with Crippen LogP contribution in [0.2, 0.25) is 0 Å². The lowest BCUT2D eigenvalue weighted by atomic mass is 10.2. The Hall–Kier alpha value is -1.09. The summed E-state index contributed by atoms with van der Waals surface area (Å²) in [6.07, 6.45) is 7.39. The molecule has 0 radical (unpaired) electrons. The first-order valence-electron chi connectivity index (χ1n) is 6.23. The minimum atomic E-state index is 0.965. The number of nitrogens with one attached hydrogen (secondary N) is 1. The second kappa shape index (κ2) is 5.85. The zero-order valence-corrected chi connectivity index (χ0v) is 10.1. The highest BCUT2D eigenvalue weighted by molar-refractivity contribution is 5.36. The molecule has 1 aromatic heterocycles. The minimum Gasteiger partial charge on any atom is -0.373 e. The lowest BCUT2D eigenvalue weighted by Gasteiger charge is -2.19. The largest absolute Gasteiger partial charge is 0.373 e. The lowest BCUT2D eigenvalue weighted by Crippen LogP contribution is -2.24. The van der Waals surface area contributed by atoms with Gasteiger partial charge in [-0.2, -0.15) is 0 Å². The monoisotopic (exact) mass is 219 g/mol. The van der Waals surface area contributed by atoms with Crippen LogP contribution in [-0.2, 0) is 6.54 Å². The van der Waals surface area contributed by atoms with E-state index in [9.17, 15) is 0 Å². The van der Waals surface area contributed by atoms with E-state index >= 15 is 0 Å². The van der Waals surface area contributed by atoms with E-state index in [2.05, 4.69) is 27.3 Å². The second-order valence-corrected chi connectivity index (χ2v) is 4.49. The van der Waals surface area contributed by atoms with Gasteiger partial charge in [0.05, 0.1) is 0 Å². The van der Waals surface area contributed by atoms with Crippen molar-refractivity contribution in [2.45, 2.75) is 32.2 Å². The fourth-order valence-electron chi connectivity index (χ4n) is 2.26. The number of likely N-dealkylation sites (tertiary alicyclic amines) is 1. The molecule has 0 aromatic carbocycles. The third-order valence-corrected chi connectivity index (χ3v) is 3.19. The number of pyridine rings is 1. The molecule has 0 amide bonds. The first kappa shape index (κ1) is 11.4. The van der Waals surface area contributed by atoms with Crippen molar-refractivity contribution in [2.24, 2.45) is 0 Å². The molecule has 1 fully saturated rings. The standard InChI is InChI=1S/C13H21N3/c1-14-13-10-12(6-7-15-13)11-16-8-4-2-3-5-9-16/h6-7,10H,2-5,8-9,11H2,1H3,(H,14,15). The van der Waals surface area contributed by atoms with E-state index in [0.29, 0.717) is 0 Å². The summed E-state index contributed by atoms with van der Waals surface area (Å²) in [4.78, 5) is 6.80. The highest BCUT2D eigenvalue weighted by Crippen LogP contribution is 2.14. The molecule has 3 heteroatoms. The average Bonchev–Trinajstić information content (AvgIpc) is 2.58. The molecule has 1 aliphatic rings. The molecule has 0 bridgehead atoms.